The summed E-state index contributed by atoms with van der Waals surface area (Å²) in [6.07, 6.45) is 3.97. The van der Waals surface area contributed by atoms with E-state index in [1.165, 1.54) is 0 Å². The van der Waals surface area contributed by atoms with E-state index < -0.39 is 6.09 Å². The molecule has 0 aliphatic rings. The van der Waals surface area contributed by atoms with E-state index in [0.717, 1.165) is 38.2 Å². The molecule has 0 aliphatic heterocycles. The Morgan fingerprint density at radius 2 is 1.36 bits per heavy atom. The molecular formula is C17H34ClNO6. The fourth-order valence-electron chi connectivity index (χ4n) is 1.81. The third-order valence-electron chi connectivity index (χ3n) is 3.10. The van der Waals surface area contributed by atoms with Crippen LogP contribution in [0.5, 0.6) is 0 Å². The van der Waals surface area contributed by atoms with Gasteiger partial charge in [-0.3, -0.25) is 0 Å². The molecule has 7 nitrogen and oxygen atoms in total. The maximum atomic E-state index is 11.4. The van der Waals surface area contributed by atoms with Crippen LogP contribution in [-0.4, -0.2) is 78.0 Å². The molecule has 0 bridgehead atoms. The highest BCUT2D eigenvalue weighted by molar-refractivity contribution is 6.17. The van der Waals surface area contributed by atoms with Crippen molar-refractivity contribution in [2.45, 2.75) is 32.6 Å². The van der Waals surface area contributed by atoms with Gasteiger partial charge in [0.15, 0.2) is 0 Å². The van der Waals surface area contributed by atoms with Crippen molar-refractivity contribution in [2.24, 2.45) is 0 Å². The highest BCUT2D eigenvalue weighted by Gasteiger charge is 2.00. The summed E-state index contributed by atoms with van der Waals surface area (Å²) >= 11 is 5.61. The second kappa shape index (κ2) is 21.4. The smallest absolute Gasteiger partial charge is 0.407 e. The standard InChI is InChI=1S/C17H34ClNO6/c1-2-21-11-12-24-15-16-25-17(20)19-8-10-23-14-13-22-9-6-4-3-5-7-18/h2-16H2,1H3,(H,19,20). The van der Waals surface area contributed by atoms with Gasteiger partial charge in [-0.2, -0.15) is 0 Å². The first-order valence-electron chi connectivity index (χ1n) is 9.08. The molecule has 0 rings (SSSR count). The Labute approximate surface area is 156 Å². The van der Waals surface area contributed by atoms with Gasteiger partial charge in [-0.05, 0) is 19.8 Å². The van der Waals surface area contributed by atoms with E-state index in [-0.39, 0.29) is 6.61 Å². The van der Waals surface area contributed by atoms with Crippen LogP contribution < -0.4 is 5.32 Å². The number of carbonyl (C=O) groups is 1. The summed E-state index contributed by atoms with van der Waals surface area (Å²) in [7, 11) is 0. The summed E-state index contributed by atoms with van der Waals surface area (Å²) in [6, 6.07) is 0. The fraction of sp³-hybridized carbons (Fsp3) is 0.941. The number of halogens is 1. The number of amides is 1. The number of carbonyl (C=O) groups excluding carboxylic acids is 1. The lowest BCUT2D eigenvalue weighted by atomic mass is 10.2. The fourth-order valence-corrected chi connectivity index (χ4v) is 2.00. The van der Waals surface area contributed by atoms with E-state index in [9.17, 15) is 4.79 Å². The van der Waals surface area contributed by atoms with E-state index in [2.05, 4.69) is 5.32 Å². The van der Waals surface area contributed by atoms with Crippen molar-refractivity contribution >= 4 is 17.7 Å². The summed E-state index contributed by atoms with van der Waals surface area (Å²) < 4.78 is 26.1. The average molecular weight is 384 g/mol. The number of rotatable bonds is 19. The molecule has 25 heavy (non-hydrogen) atoms. The molecule has 1 N–H and O–H groups in total. The molecule has 0 saturated heterocycles. The number of hydrogen-bond acceptors (Lipinski definition) is 6. The molecule has 0 heterocycles. The first-order chi connectivity index (χ1) is 12.3. The minimum atomic E-state index is -0.467. The minimum Gasteiger partial charge on any atom is -0.447 e. The lowest BCUT2D eigenvalue weighted by Gasteiger charge is -2.08. The number of hydrogen-bond donors (Lipinski definition) is 1. The van der Waals surface area contributed by atoms with Gasteiger partial charge in [0.2, 0.25) is 0 Å². The molecule has 0 fully saturated rings. The average Bonchev–Trinajstić information content (AvgIpc) is 2.62. The zero-order valence-corrected chi connectivity index (χ0v) is 16.2. The topological polar surface area (TPSA) is 75.3 Å². The lowest BCUT2D eigenvalue weighted by Crippen LogP contribution is -2.29. The summed E-state index contributed by atoms with van der Waals surface area (Å²) in [5.41, 5.74) is 0. The van der Waals surface area contributed by atoms with Gasteiger partial charge >= 0.3 is 6.09 Å². The van der Waals surface area contributed by atoms with Crippen LogP contribution in [0.3, 0.4) is 0 Å². The first-order valence-corrected chi connectivity index (χ1v) is 9.62. The molecule has 0 saturated carbocycles. The second-order valence-electron chi connectivity index (χ2n) is 5.20. The molecule has 8 heteroatoms. The predicted molar refractivity (Wildman–Crippen MR) is 97.5 cm³/mol. The Balaban J connectivity index is 3.12. The van der Waals surface area contributed by atoms with E-state index in [1.54, 1.807) is 0 Å². The van der Waals surface area contributed by atoms with Crippen molar-refractivity contribution < 1.29 is 28.5 Å². The van der Waals surface area contributed by atoms with Crippen LogP contribution in [0.4, 0.5) is 4.79 Å². The van der Waals surface area contributed by atoms with Gasteiger partial charge < -0.3 is 29.0 Å². The summed E-state index contributed by atoms with van der Waals surface area (Å²) in [5, 5.41) is 2.61. The maximum absolute atomic E-state index is 11.4. The molecular weight excluding hydrogens is 350 g/mol. The SMILES string of the molecule is CCOCCOCCOC(=O)NCCOCCOCCCCCCCl. The Kier molecular flexibility index (Phi) is 20.9. The highest BCUT2D eigenvalue weighted by atomic mass is 35.5. The number of unbranched alkanes of at least 4 members (excludes halogenated alkanes) is 3. The molecule has 0 aromatic heterocycles. The Bertz CT molecular complexity index is 284. The molecule has 0 spiro atoms. The van der Waals surface area contributed by atoms with Crippen LogP contribution in [0.15, 0.2) is 0 Å². The summed E-state index contributed by atoms with van der Waals surface area (Å²) in [4.78, 5) is 11.4. The lowest BCUT2D eigenvalue weighted by molar-refractivity contribution is 0.0300. The summed E-state index contributed by atoms with van der Waals surface area (Å²) in [5.74, 6) is 0.735. The number of nitrogens with one attached hydrogen (secondary N) is 1. The van der Waals surface area contributed by atoms with Crippen LogP contribution in [0, 0.1) is 0 Å². The molecule has 0 aliphatic carbocycles. The van der Waals surface area contributed by atoms with Gasteiger partial charge in [-0.25, -0.2) is 4.79 Å². The molecule has 0 aromatic rings. The van der Waals surface area contributed by atoms with E-state index in [1.807, 2.05) is 6.92 Å². The number of alkyl carbamates (subject to hydrolysis) is 1. The van der Waals surface area contributed by atoms with E-state index in [0.29, 0.717) is 52.8 Å². The monoisotopic (exact) mass is 383 g/mol. The van der Waals surface area contributed by atoms with Crippen molar-refractivity contribution in [3.05, 3.63) is 0 Å². The third kappa shape index (κ3) is 21.4. The number of alkyl halides is 1. The Hall–Kier alpha value is -0.600. The van der Waals surface area contributed by atoms with Crippen LogP contribution in [0.25, 0.3) is 0 Å². The van der Waals surface area contributed by atoms with Crippen LogP contribution >= 0.6 is 11.6 Å². The van der Waals surface area contributed by atoms with Crippen molar-refractivity contribution in [3.8, 4) is 0 Å². The quantitative estimate of drug-likeness (QED) is 0.273. The zero-order valence-electron chi connectivity index (χ0n) is 15.4. The van der Waals surface area contributed by atoms with Crippen molar-refractivity contribution in [1.82, 2.24) is 5.32 Å². The number of ether oxygens (including phenoxy) is 5. The minimum absolute atomic E-state index is 0.220. The second-order valence-corrected chi connectivity index (χ2v) is 5.58. The van der Waals surface area contributed by atoms with Crippen molar-refractivity contribution in [2.75, 3.05) is 71.9 Å². The molecule has 0 atom stereocenters. The molecule has 1 amide bonds. The van der Waals surface area contributed by atoms with Gasteiger partial charge in [0, 0.05) is 25.6 Å². The summed E-state index contributed by atoms with van der Waals surface area (Å²) in [6.45, 7) is 6.91. The first kappa shape index (κ1) is 24.4. The van der Waals surface area contributed by atoms with Crippen LogP contribution in [-0.2, 0) is 23.7 Å². The largest absolute Gasteiger partial charge is 0.447 e. The van der Waals surface area contributed by atoms with Gasteiger partial charge in [-0.15, -0.1) is 11.6 Å². The van der Waals surface area contributed by atoms with E-state index >= 15 is 0 Å². The normalized spacial score (nSPS) is 10.8. The van der Waals surface area contributed by atoms with Gasteiger partial charge in [0.25, 0.3) is 0 Å². The van der Waals surface area contributed by atoms with E-state index in [4.69, 9.17) is 35.3 Å². The van der Waals surface area contributed by atoms with Crippen LogP contribution in [0.2, 0.25) is 0 Å². The predicted octanol–water partition coefficient (Wildman–Crippen LogP) is 2.60. The Morgan fingerprint density at radius 3 is 2.08 bits per heavy atom. The highest BCUT2D eigenvalue weighted by Crippen LogP contribution is 2.00. The molecule has 0 unspecified atom stereocenters. The molecule has 150 valence electrons. The Morgan fingerprint density at radius 1 is 0.760 bits per heavy atom. The molecule has 0 aromatic carbocycles. The zero-order chi connectivity index (χ0) is 18.4. The molecule has 0 radical (unpaired) electrons. The van der Waals surface area contributed by atoms with Gasteiger partial charge in [0.05, 0.1) is 39.6 Å². The van der Waals surface area contributed by atoms with Gasteiger partial charge in [-0.1, -0.05) is 12.8 Å². The van der Waals surface area contributed by atoms with Crippen molar-refractivity contribution in [3.63, 3.8) is 0 Å². The van der Waals surface area contributed by atoms with Gasteiger partial charge in [0.1, 0.15) is 6.61 Å². The van der Waals surface area contributed by atoms with Crippen LogP contribution in [0.1, 0.15) is 32.6 Å². The third-order valence-corrected chi connectivity index (χ3v) is 3.36. The maximum Gasteiger partial charge on any atom is 0.407 e. The van der Waals surface area contributed by atoms with Crippen molar-refractivity contribution in [1.29, 1.82) is 0 Å².